The molecule has 6 heteroatoms. The third kappa shape index (κ3) is 3.27. The summed E-state index contributed by atoms with van der Waals surface area (Å²) in [5.74, 6) is -0.0560. The number of fused-ring (bicyclic) bond motifs is 1. The summed E-state index contributed by atoms with van der Waals surface area (Å²) in [5.41, 5.74) is 2.41. The van der Waals surface area contributed by atoms with Crippen LogP contribution in [-0.2, 0) is 30.6 Å². The Labute approximate surface area is 128 Å². The van der Waals surface area contributed by atoms with Crippen LogP contribution in [-0.4, -0.2) is 27.2 Å². The molecule has 1 amide bonds. The molecule has 0 atom stereocenters. The summed E-state index contributed by atoms with van der Waals surface area (Å²) < 4.78 is 2.01. The summed E-state index contributed by atoms with van der Waals surface area (Å²) in [6, 6.07) is 3.91. The van der Waals surface area contributed by atoms with E-state index in [-0.39, 0.29) is 17.9 Å². The molecule has 2 aromatic heterocycles. The molecule has 0 aromatic carbocycles. The minimum absolute atomic E-state index is 0.0560. The van der Waals surface area contributed by atoms with E-state index < -0.39 is 0 Å². The molecule has 116 valence electrons. The Bertz CT molecular complexity index is 703. The van der Waals surface area contributed by atoms with Crippen LogP contribution in [0, 0.1) is 0 Å². The molecule has 2 heterocycles. The van der Waals surface area contributed by atoms with E-state index in [0.717, 1.165) is 43.4 Å². The van der Waals surface area contributed by atoms with Crippen molar-refractivity contribution >= 4 is 5.91 Å². The van der Waals surface area contributed by atoms with Gasteiger partial charge in [0.2, 0.25) is 5.91 Å². The van der Waals surface area contributed by atoms with Crippen LogP contribution in [0.4, 0.5) is 0 Å². The number of hydrogen-bond acceptors (Lipinski definition) is 3. The molecule has 0 fully saturated rings. The van der Waals surface area contributed by atoms with E-state index in [0.29, 0.717) is 12.2 Å². The minimum Gasteiger partial charge on any atom is -0.354 e. The number of nitrogens with one attached hydrogen (secondary N) is 2. The smallest absolute Gasteiger partial charge is 0.267 e. The monoisotopic (exact) mass is 300 g/mol. The van der Waals surface area contributed by atoms with E-state index in [4.69, 9.17) is 0 Å². The molecule has 1 aliphatic carbocycles. The number of H-pyrrole nitrogens is 1. The normalized spacial score (nSPS) is 13.6. The Hall–Kier alpha value is -2.37. The topological polar surface area (TPSA) is 79.8 Å². The van der Waals surface area contributed by atoms with Gasteiger partial charge in [0.15, 0.2) is 0 Å². The predicted octanol–water partition coefficient (Wildman–Crippen LogP) is 0.809. The molecule has 1 aliphatic rings. The van der Waals surface area contributed by atoms with Gasteiger partial charge < -0.3 is 9.88 Å². The maximum Gasteiger partial charge on any atom is 0.267 e. The van der Waals surface area contributed by atoms with Gasteiger partial charge in [-0.2, -0.15) is 5.10 Å². The minimum atomic E-state index is -0.105. The van der Waals surface area contributed by atoms with E-state index in [1.807, 2.05) is 29.1 Å². The molecule has 0 radical (unpaired) electrons. The van der Waals surface area contributed by atoms with Crippen molar-refractivity contribution in [3.05, 3.63) is 51.7 Å². The van der Waals surface area contributed by atoms with Gasteiger partial charge in [-0.25, -0.2) is 5.10 Å². The number of carbonyl (C=O) groups is 1. The van der Waals surface area contributed by atoms with E-state index >= 15 is 0 Å². The molecule has 3 rings (SSSR count). The van der Waals surface area contributed by atoms with Gasteiger partial charge in [-0.3, -0.25) is 9.59 Å². The van der Waals surface area contributed by atoms with Crippen LogP contribution in [0.25, 0.3) is 0 Å². The maximum atomic E-state index is 12.1. The molecule has 0 aliphatic heterocycles. The first-order valence-electron chi connectivity index (χ1n) is 7.71. The first-order chi connectivity index (χ1) is 10.7. The lowest BCUT2D eigenvalue weighted by atomic mass is 9.91. The van der Waals surface area contributed by atoms with Crippen LogP contribution in [0.2, 0.25) is 0 Å². The average Bonchev–Trinajstić information content (AvgIpc) is 3.04. The van der Waals surface area contributed by atoms with Crippen LogP contribution in [0.15, 0.2) is 29.3 Å². The zero-order valence-corrected chi connectivity index (χ0v) is 12.5. The predicted molar refractivity (Wildman–Crippen MR) is 82.6 cm³/mol. The number of aromatic nitrogens is 3. The first-order valence-corrected chi connectivity index (χ1v) is 7.71. The van der Waals surface area contributed by atoms with Gasteiger partial charge in [-0.05, 0) is 43.4 Å². The Morgan fingerprint density at radius 3 is 2.73 bits per heavy atom. The molecule has 2 aromatic rings. The van der Waals surface area contributed by atoms with Crippen molar-refractivity contribution in [2.45, 2.75) is 38.6 Å². The van der Waals surface area contributed by atoms with Crippen molar-refractivity contribution < 1.29 is 4.79 Å². The fourth-order valence-electron chi connectivity index (χ4n) is 2.93. The third-order valence-corrected chi connectivity index (χ3v) is 4.07. The van der Waals surface area contributed by atoms with Crippen molar-refractivity contribution in [3.63, 3.8) is 0 Å². The number of amides is 1. The number of nitrogens with zero attached hydrogens (tertiary/aromatic N) is 2. The largest absolute Gasteiger partial charge is 0.354 e. The summed E-state index contributed by atoms with van der Waals surface area (Å²) in [5, 5.41) is 9.51. The standard InChI is InChI=1S/C16H20N4O2/c21-15(17-7-10-20-8-3-4-9-20)11-14-12-5-1-2-6-13(12)16(22)19-18-14/h3-4,8-9H,1-2,5-7,10-11H2,(H,17,21)(H,19,22). The summed E-state index contributed by atoms with van der Waals surface area (Å²) in [6.07, 6.45) is 7.87. The third-order valence-electron chi connectivity index (χ3n) is 4.07. The summed E-state index contributed by atoms with van der Waals surface area (Å²) in [6.45, 7) is 1.33. The second kappa shape index (κ2) is 6.60. The van der Waals surface area contributed by atoms with Crippen molar-refractivity contribution in [2.24, 2.45) is 0 Å². The van der Waals surface area contributed by atoms with E-state index in [1.165, 1.54) is 0 Å². The van der Waals surface area contributed by atoms with Gasteiger partial charge in [0, 0.05) is 31.0 Å². The lowest BCUT2D eigenvalue weighted by molar-refractivity contribution is -0.120. The molecule has 22 heavy (non-hydrogen) atoms. The molecule has 0 spiro atoms. The molecule has 0 saturated heterocycles. The number of hydrogen-bond donors (Lipinski definition) is 2. The Kier molecular flexibility index (Phi) is 4.37. The molecule has 0 unspecified atom stereocenters. The summed E-state index contributed by atoms with van der Waals surface area (Å²) in [7, 11) is 0. The van der Waals surface area contributed by atoms with Crippen LogP contribution in [0.3, 0.4) is 0 Å². The Morgan fingerprint density at radius 1 is 1.23 bits per heavy atom. The van der Waals surface area contributed by atoms with E-state index in [9.17, 15) is 9.59 Å². The number of aromatic amines is 1. The second-order valence-electron chi connectivity index (χ2n) is 5.61. The van der Waals surface area contributed by atoms with Gasteiger partial charge in [-0.15, -0.1) is 0 Å². The zero-order chi connectivity index (χ0) is 15.4. The average molecular weight is 300 g/mol. The van der Waals surface area contributed by atoms with E-state index in [2.05, 4.69) is 15.5 Å². The van der Waals surface area contributed by atoms with Crippen LogP contribution in [0.5, 0.6) is 0 Å². The van der Waals surface area contributed by atoms with Crippen LogP contribution in [0.1, 0.15) is 29.7 Å². The first kappa shape index (κ1) is 14.6. The Balaban J connectivity index is 1.60. The number of rotatable bonds is 5. The molecule has 0 saturated carbocycles. The number of carbonyl (C=O) groups excluding carboxylic acids is 1. The zero-order valence-electron chi connectivity index (χ0n) is 12.5. The van der Waals surface area contributed by atoms with Gasteiger partial charge in [0.25, 0.3) is 5.56 Å². The van der Waals surface area contributed by atoms with Crippen molar-refractivity contribution in [2.75, 3.05) is 6.54 Å². The van der Waals surface area contributed by atoms with Gasteiger partial charge >= 0.3 is 0 Å². The molecule has 2 N–H and O–H groups in total. The highest BCUT2D eigenvalue weighted by molar-refractivity contribution is 5.78. The SMILES string of the molecule is O=C(Cc1n[nH]c(=O)c2c1CCCC2)NCCn1cccc1. The van der Waals surface area contributed by atoms with Crippen molar-refractivity contribution in [3.8, 4) is 0 Å². The van der Waals surface area contributed by atoms with Crippen LogP contribution >= 0.6 is 0 Å². The summed E-state index contributed by atoms with van der Waals surface area (Å²) in [4.78, 5) is 23.8. The van der Waals surface area contributed by atoms with Crippen molar-refractivity contribution in [1.82, 2.24) is 20.1 Å². The fraction of sp³-hybridized carbons (Fsp3) is 0.438. The van der Waals surface area contributed by atoms with E-state index in [1.54, 1.807) is 0 Å². The highest BCUT2D eigenvalue weighted by atomic mass is 16.1. The maximum absolute atomic E-state index is 12.1. The van der Waals surface area contributed by atoms with Crippen LogP contribution < -0.4 is 10.9 Å². The molecule has 0 bridgehead atoms. The Morgan fingerprint density at radius 2 is 1.95 bits per heavy atom. The van der Waals surface area contributed by atoms with Gasteiger partial charge in [-0.1, -0.05) is 0 Å². The van der Waals surface area contributed by atoms with Crippen molar-refractivity contribution in [1.29, 1.82) is 0 Å². The molecular formula is C16H20N4O2. The lowest BCUT2D eigenvalue weighted by Gasteiger charge is -2.17. The molecule has 6 nitrogen and oxygen atoms in total. The fourth-order valence-corrected chi connectivity index (χ4v) is 2.93. The lowest BCUT2D eigenvalue weighted by Crippen LogP contribution is -2.30. The van der Waals surface area contributed by atoms with Gasteiger partial charge in [0.1, 0.15) is 0 Å². The molecular weight excluding hydrogens is 280 g/mol. The summed E-state index contributed by atoms with van der Waals surface area (Å²) >= 11 is 0. The second-order valence-corrected chi connectivity index (χ2v) is 5.61. The quantitative estimate of drug-likeness (QED) is 0.857. The van der Waals surface area contributed by atoms with Gasteiger partial charge in [0.05, 0.1) is 12.1 Å². The highest BCUT2D eigenvalue weighted by Crippen LogP contribution is 2.20. The highest BCUT2D eigenvalue weighted by Gasteiger charge is 2.19.